The number of hydrogen-bond donors (Lipinski definition) is 2. The first-order valence-electron chi connectivity index (χ1n) is 9.71. The molecule has 8 heteroatoms. The van der Waals surface area contributed by atoms with Crippen LogP contribution < -0.4 is 4.90 Å². The molecule has 0 heterocycles. The predicted octanol–water partition coefficient (Wildman–Crippen LogP) is 2.18. The maximum absolute atomic E-state index is 12.8. The van der Waals surface area contributed by atoms with E-state index in [0.29, 0.717) is 5.56 Å². The van der Waals surface area contributed by atoms with Crippen LogP contribution in [0.4, 0.5) is 5.69 Å². The van der Waals surface area contributed by atoms with Crippen LogP contribution in [0.3, 0.4) is 0 Å². The molecule has 0 amide bonds. The van der Waals surface area contributed by atoms with E-state index in [1.165, 1.54) is 6.92 Å². The number of aliphatic hydroxyl groups is 1. The van der Waals surface area contributed by atoms with Gasteiger partial charge in [0.1, 0.15) is 5.92 Å². The van der Waals surface area contributed by atoms with Crippen molar-refractivity contribution >= 4 is 23.3 Å². The molecule has 0 spiro atoms. The number of carbonyl (C=O) groups is 2. The number of carbonyl (C=O) groups excluding carboxylic acids is 2. The van der Waals surface area contributed by atoms with Gasteiger partial charge in [0.15, 0.2) is 0 Å². The average molecular weight is 406 g/mol. The van der Waals surface area contributed by atoms with Crippen molar-refractivity contribution in [3.8, 4) is 0 Å². The van der Waals surface area contributed by atoms with Crippen molar-refractivity contribution < 1.29 is 29.4 Å². The van der Waals surface area contributed by atoms with Crippen LogP contribution in [-0.4, -0.2) is 60.9 Å². The predicted molar refractivity (Wildman–Crippen MR) is 108 cm³/mol. The van der Waals surface area contributed by atoms with Crippen LogP contribution >= 0.6 is 0 Å². The van der Waals surface area contributed by atoms with Crippen molar-refractivity contribution in [2.75, 3.05) is 32.2 Å². The third-order valence-corrected chi connectivity index (χ3v) is 5.29. The van der Waals surface area contributed by atoms with E-state index in [0.717, 1.165) is 5.69 Å². The third-order valence-electron chi connectivity index (χ3n) is 5.29. The fourth-order valence-electron chi connectivity index (χ4n) is 4.00. The molecular formula is C21H30N2O6. The van der Waals surface area contributed by atoms with Crippen molar-refractivity contribution in [1.29, 1.82) is 0 Å². The lowest BCUT2D eigenvalue weighted by molar-refractivity contribution is -0.163. The highest BCUT2D eigenvalue weighted by molar-refractivity contribution is 6.05. The number of rotatable bonds is 6. The van der Waals surface area contributed by atoms with Gasteiger partial charge in [-0.05, 0) is 38.5 Å². The standard InChI is InChI=1S/C21H30N2O6/c1-6-28-19(24)17-15(22-27)12-21(3,26)18(20(25)29-7-2)16(17)13-8-10-14(11-9-13)23(4)5/h8-11,16-18,26-27H,6-7,12H2,1-5H3/b22-15+/t16-,17+,18+,21-/m1/s1. The molecule has 4 atom stereocenters. The second-order valence-electron chi connectivity index (χ2n) is 7.60. The van der Waals surface area contributed by atoms with Crippen LogP contribution in [-0.2, 0) is 19.1 Å². The van der Waals surface area contributed by atoms with Gasteiger partial charge in [-0.25, -0.2) is 0 Å². The molecule has 1 aromatic carbocycles. The molecular weight excluding hydrogens is 376 g/mol. The van der Waals surface area contributed by atoms with E-state index in [2.05, 4.69) is 5.16 Å². The van der Waals surface area contributed by atoms with E-state index in [1.807, 2.05) is 31.1 Å². The number of ether oxygens (including phenoxy) is 2. The van der Waals surface area contributed by atoms with Crippen molar-refractivity contribution in [2.45, 2.75) is 38.7 Å². The van der Waals surface area contributed by atoms with E-state index in [-0.39, 0.29) is 25.3 Å². The lowest BCUT2D eigenvalue weighted by atomic mass is 9.61. The summed E-state index contributed by atoms with van der Waals surface area (Å²) in [6, 6.07) is 7.32. The smallest absolute Gasteiger partial charge is 0.315 e. The van der Waals surface area contributed by atoms with Gasteiger partial charge < -0.3 is 24.7 Å². The maximum Gasteiger partial charge on any atom is 0.315 e. The zero-order valence-electron chi connectivity index (χ0n) is 17.6. The minimum Gasteiger partial charge on any atom is -0.466 e. The van der Waals surface area contributed by atoms with Gasteiger partial charge in [0.25, 0.3) is 0 Å². The quantitative estimate of drug-likeness (QED) is 0.423. The van der Waals surface area contributed by atoms with Gasteiger partial charge >= 0.3 is 11.9 Å². The van der Waals surface area contributed by atoms with Gasteiger partial charge in [-0.3, -0.25) is 9.59 Å². The van der Waals surface area contributed by atoms with Gasteiger partial charge in [0.2, 0.25) is 0 Å². The normalized spacial score (nSPS) is 28.1. The molecule has 0 unspecified atom stereocenters. The second kappa shape index (κ2) is 9.26. The number of nitrogens with zero attached hydrogens (tertiary/aromatic N) is 2. The van der Waals surface area contributed by atoms with E-state index >= 15 is 0 Å². The molecule has 160 valence electrons. The molecule has 1 aliphatic rings. The van der Waals surface area contributed by atoms with Crippen molar-refractivity contribution in [1.82, 2.24) is 0 Å². The number of benzene rings is 1. The van der Waals surface area contributed by atoms with Gasteiger partial charge in [-0.2, -0.15) is 0 Å². The summed E-state index contributed by atoms with van der Waals surface area (Å²) in [5.74, 6) is -4.07. The minimum atomic E-state index is -1.57. The molecule has 29 heavy (non-hydrogen) atoms. The van der Waals surface area contributed by atoms with Crippen LogP contribution in [0, 0.1) is 11.8 Å². The van der Waals surface area contributed by atoms with Crippen molar-refractivity contribution in [2.24, 2.45) is 17.0 Å². The SMILES string of the molecule is CCOC(=O)[C@@H]1[C@H](c2ccc(N(C)C)cc2)[C@@H](C(=O)OCC)/C(=N/O)C[C@@]1(C)O. The number of hydrogen-bond acceptors (Lipinski definition) is 8. The molecule has 2 rings (SSSR count). The summed E-state index contributed by atoms with van der Waals surface area (Å²) in [7, 11) is 3.81. The fourth-order valence-corrected chi connectivity index (χ4v) is 4.00. The van der Waals surface area contributed by atoms with Gasteiger partial charge in [-0.1, -0.05) is 17.3 Å². The Hall–Kier alpha value is -2.61. The molecule has 0 saturated heterocycles. The Labute approximate surface area is 171 Å². The molecule has 1 saturated carbocycles. The van der Waals surface area contributed by atoms with E-state index in [9.17, 15) is 19.9 Å². The van der Waals surface area contributed by atoms with Crippen molar-refractivity contribution in [3.05, 3.63) is 29.8 Å². The van der Waals surface area contributed by atoms with Crippen LogP contribution in [0.25, 0.3) is 0 Å². The summed E-state index contributed by atoms with van der Waals surface area (Å²) in [6.45, 7) is 5.13. The van der Waals surface area contributed by atoms with E-state index in [1.54, 1.807) is 26.0 Å². The first kappa shape index (κ1) is 22.7. The molecule has 0 aromatic heterocycles. The highest BCUT2D eigenvalue weighted by atomic mass is 16.5. The summed E-state index contributed by atoms with van der Waals surface area (Å²) in [6.07, 6.45) is -0.150. The lowest BCUT2D eigenvalue weighted by Crippen LogP contribution is -2.55. The zero-order valence-corrected chi connectivity index (χ0v) is 17.6. The molecule has 0 radical (unpaired) electrons. The van der Waals surface area contributed by atoms with Gasteiger partial charge in [0.05, 0.1) is 30.4 Å². The highest BCUT2D eigenvalue weighted by Crippen LogP contribution is 2.47. The van der Waals surface area contributed by atoms with Gasteiger partial charge in [0, 0.05) is 32.1 Å². The minimum absolute atomic E-state index is 0.0793. The number of esters is 2. The Bertz CT molecular complexity index is 757. The molecule has 0 bridgehead atoms. The first-order chi connectivity index (χ1) is 13.7. The summed E-state index contributed by atoms with van der Waals surface area (Å²) in [5, 5.41) is 23.9. The highest BCUT2D eigenvalue weighted by Gasteiger charge is 2.56. The lowest BCUT2D eigenvalue weighted by Gasteiger charge is -2.44. The van der Waals surface area contributed by atoms with Crippen LogP contribution in [0.2, 0.25) is 0 Å². The average Bonchev–Trinajstić information content (AvgIpc) is 2.66. The molecule has 0 aliphatic heterocycles. The maximum atomic E-state index is 12.8. The molecule has 1 aromatic rings. The zero-order chi connectivity index (χ0) is 21.8. The Balaban J connectivity index is 2.65. The summed E-state index contributed by atoms with van der Waals surface area (Å²) in [4.78, 5) is 27.6. The Morgan fingerprint density at radius 3 is 2.17 bits per heavy atom. The third kappa shape index (κ3) is 4.70. The number of oxime groups is 1. The molecule has 1 aliphatic carbocycles. The Morgan fingerprint density at radius 1 is 1.14 bits per heavy atom. The monoisotopic (exact) mass is 406 g/mol. The van der Waals surface area contributed by atoms with Crippen molar-refractivity contribution in [3.63, 3.8) is 0 Å². The topological polar surface area (TPSA) is 109 Å². The fraction of sp³-hybridized carbons (Fsp3) is 0.571. The van der Waals surface area contributed by atoms with Crippen LogP contribution in [0.5, 0.6) is 0 Å². The molecule has 2 N–H and O–H groups in total. The first-order valence-corrected chi connectivity index (χ1v) is 9.71. The Morgan fingerprint density at radius 2 is 1.69 bits per heavy atom. The largest absolute Gasteiger partial charge is 0.466 e. The molecule has 8 nitrogen and oxygen atoms in total. The molecule has 1 fully saturated rings. The summed E-state index contributed by atoms with van der Waals surface area (Å²) >= 11 is 0. The van der Waals surface area contributed by atoms with E-state index < -0.39 is 35.3 Å². The van der Waals surface area contributed by atoms with Crippen LogP contribution in [0.15, 0.2) is 29.4 Å². The van der Waals surface area contributed by atoms with E-state index in [4.69, 9.17) is 9.47 Å². The van der Waals surface area contributed by atoms with Crippen LogP contribution in [0.1, 0.15) is 38.7 Å². The second-order valence-corrected chi connectivity index (χ2v) is 7.60. The summed E-state index contributed by atoms with van der Waals surface area (Å²) in [5.41, 5.74) is 0.0954. The Kier molecular flexibility index (Phi) is 7.24. The summed E-state index contributed by atoms with van der Waals surface area (Å²) < 4.78 is 10.4. The number of anilines is 1. The van der Waals surface area contributed by atoms with Gasteiger partial charge in [-0.15, -0.1) is 0 Å².